The summed E-state index contributed by atoms with van der Waals surface area (Å²) in [6.45, 7) is 3.64. The molecule has 0 bridgehead atoms. The van der Waals surface area contributed by atoms with E-state index in [9.17, 15) is 9.59 Å². The summed E-state index contributed by atoms with van der Waals surface area (Å²) in [6, 6.07) is 0.107. The number of hydrogen-bond donors (Lipinski definition) is 3. The summed E-state index contributed by atoms with van der Waals surface area (Å²) in [5, 5.41) is 11.2. The molecule has 0 heterocycles. The van der Waals surface area contributed by atoms with Gasteiger partial charge in [-0.15, -0.1) is 0 Å². The monoisotopic (exact) mass is 216 g/mol. The van der Waals surface area contributed by atoms with Crippen LogP contribution in [0.5, 0.6) is 0 Å². The van der Waals surface area contributed by atoms with Gasteiger partial charge in [-0.1, -0.05) is 6.92 Å². The third-order valence-corrected chi connectivity index (χ3v) is 2.09. The molecule has 2 atom stereocenters. The maximum absolute atomic E-state index is 11.2. The summed E-state index contributed by atoms with van der Waals surface area (Å²) in [7, 11) is 0. The van der Waals surface area contributed by atoms with Gasteiger partial charge in [-0.3, -0.25) is 9.59 Å². The average Bonchev–Trinajstić information content (AvgIpc) is 2.13. The van der Waals surface area contributed by atoms with E-state index in [0.29, 0.717) is 6.42 Å². The third kappa shape index (κ3) is 7.93. The second-order valence-electron chi connectivity index (χ2n) is 3.91. The Bertz CT molecular complexity index is 217. The van der Waals surface area contributed by atoms with E-state index < -0.39 is 11.9 Å². The number of carboxylic acid groups (broad SMARTS) is 1. The van der Waals surface area contributed by atoms with Gasteiger partial charge in [0.05, 0.1) is 5.92 Å². The first-order valence-corrected chi connectivity index (χ1v) is 5.18. The zero-order valence-corrected chi connectivity index (χ0v) is 9.32. The topological polar surface area (TPSA) is 92.4 Å². The van der Waals surface area contributed by atoms with Gasteiger partial charge >= 0.3 is 5.97 Å². The molecule has 0 fully saturated rings. The summed E-state index contributed by atoms with van der Waals surface area (Å²) < 4.78 is 0. The molecule has 0 radical (unpaired) electrons. The Balaban J connectivity index is 3.53. The number of aliphatic carboxylic acids is 1. The average molecular weight is 216 g/mol. The first-order chi connectivity index (χ1) is 6.93. The van der Waals surface area contributed by atoms with Crippen molar-refractivity contribution in [3.63, 3.8) is 0 Å². The Morgan fingerprint density at radius 1 is 1.40 bits per heavy atom. The maximum atomic E-state index is 11.2. The zero-order chi connectivity index (χ0) is 11.8. The minimum atomic E-state index is -0.897. The Labute approximate surface area is 90.0 Å². The largest absolute Gasteiger partial charge is 0.481 e. The summed E-state index contributed by atoms with van der Waals surface area (Å²) in [5.41, 5.74) is 5.53. The zero-order valence-electron chi connectivity index (χ0n) is 9.32. The van der Waals surface area contributed by atoms with Gasteiger partial charge in [0, 0.05) is 19.0 Å². The van der Waals surface area contributed by atoms with Crippen molar-refractivity contribution in [3.05, 3.63) is 0 Å². The van der Waals surface area contributed by atoms with Gasteiger partial charge in [0.15, 0.2) is 0 Å². The van der Waals surface area contributed by atoms with Crippen molar-refractivity contribution in [2.45, 2.75) is 39.2 Å². The second-order valence-corrected chi connectivity index (χ2v) is 3.91. The van der Waals surface area contributed by atoms with Gasteiger partial charge in [0.1, 0.15) is 0 Å². The molecule has 5 nitrogen and oxygen atoms in total. The molecular formula is C10H20N2O3. The lowest BCUT2D eigenvalue weighted by molar-refractivity contribution is -0.141. The molecule has 4 N–H and O–H groups in total. The molecule has 2 unspecified atom stereocenters. The highest BCUT2D eigenvalue weighted by Crippen LogP contribution is 1.99. The van der Waals surface area contributed by atoms with Crippen molar-refractivity contribution in [1.29, 1.82) is 0 Å². The van der Waals surface area contributed by atoms with Crippen molar-refractivity contribution < 1.29 is 14.7 Å². The van der Waals surface area contributed by atoms with E-state index in [2.05, 4.69) is 5.32 Å². The molecule has 0 aliphatic heterocycles. The van der Waals surface area contributed by atoms with E-state index in [0.717, 1.165) is 12.8 Å². The van der Waals surface area contributed by atoms with Crippen LogP contribution in [-0.4, -0.2) is 29.6 Å². The fourth-order valence-corrected chi connectivity index (χ4v) is 1.03. The number of nitrogens with one attached hydrogen (secondary N) is 1. The quantitative estimate of drug-likeness (QED) is 0.572. The van der Waals surface area contributed by atoms with Crippen LogP contribution in [0.25, 0.3) is 0 Å². The van der Waals surface area contributed by atoms with Gasteiger partial charge < -0.3 is 16.2 Å². The summed E-state index contributed by atoms with van der Waals surface area (Å²) in [4.78, 5) is 21.7. The molecule has 0 rings (SSSR count). The minimum Gasteiger partial charge on any atom is -0.481 e. The predicted molar refractivity (Wildman–Crippen MR) is 57.3 cm³/mol. The Morgan fingerprint density at radius 2 is 2.00 bits per heavy atom. The van der Waals surface area contributed by atoms with Gasteiger partial charge in [-0.25, -0.2) is 0 Å². The predicted octanol–water partition coefficient (Wildman–Crippen LogP) is 0.341. The van der Waals surface area contributed by atoms with E-state index in [4.69, 9.17) is 10.8 Å². The van der Waals surface area contributed by atoms with Crippen molar-refractivity contribution in [3.8, 4) is 0 Å². The van der Waals surface area contributed by atoms with E-state index in [1.807, 2.05) is 6.92 Å². The molecule has 5 heteroatoms. The highest BCUT2D eigenvalue weighted by molar-refractivity contribution is 5.77. The molecule has 0 aromatic heterocycles. The number of nitrogens with two attached hydrogens (primary N) is 1. The first-order valence-electron chi connectivity index (χ1n) is 5.18. The van der Waals surface area contributed by atoms with Crippen LogP contribution in [0.1, 0.15) is 33.1 Å². The standard InChI is InChI=1S/C10H20N2O3/c1-7(10(14)15)6-12-9(13)5-3-4-8(2)11/h7-8H,3-6,11H2,1-2H3,(H,12,13)(H,14,15). The fourth-order valence-electron chi connectivity index (χ4n) is 1.03. The van der Waals surface area contributed by atoms with Crippen molar-refractivity contribution in [2.75, 3.05) is 6.54 Å². The lowest BCUT2D eigenvalue weighted by Gasteiger charge is -2.08. The van der Waals surface area contributed by atoms with Crippen LogP contribution in [0.2, 0.25) is 0 Å². The van der Waals surface area contributed by atoms with Crippen molar-refractivity contribution >= 4 is 11.9 Å². The molecular weight excluding hydrogens is 196 g/mol. The molecule has 0 aliphatic rings. The smallest absolute Gasteiger partial charge is 0.308 e. The number of hydrogen-bond acceptors (Lipinski definition) is 3. The van der Waals surface area contributed by atoms with Crippen LogP contribution in [0, 0.1) is 5.92 Å². The van der Waals surface area contributed by atoms with E-state index in [1.54, 1.807) is 6.92 Å². The number of amides is 1. The SMILES string of the molecule is CC(N)CCCC(=O)NCC(C)C(=O)O. The van der Waals surface area contributed by atoms with Crippen LogP contribution in [0.4, 0.5) is 0 Å². The number of carboxylic acids is 1. The minimum absolute atomic E-state index is 0.107. The molecule has 0 aromatic rings. The molecule has 0 spiro atoms. The molecule has 0 saturated carbocycles. The number of carbonyl (C=O) groups is 2. The van der Waals surface area contributed by atoms with Crippen molar-refractivity contribution in [2.24, 2.45) is 11.7 Å². The lowest BCUT2D eigenvalue weighted by Crippen LogP contribution is -2.31. The molecule has 0 aromatic carbocycles. The molecule has 88 valence electrons. The molecule has 1 amide bonds. The number of carbonyl (C=O) groups excluding carboxylic acids is 1. The molecule has 0 aliphatic carbocycles. The summed E-state index contributed by atoms with van der Waals surface area (Å²) in [6.07, 6.45) is 1.96. The Hall–Kier alpha value is -1.10. The van der Waals surface area contributed by atoms with Crippen LogP contribution < -0.4 is 11.1 Å². The first kappa shape index (κ1) is 13.9. The van der Waals surface area contributed by atoms with Crippen LogP contribution >= 0.6 is 0 Å². The highest BCUT2D eigenvalue weighted by atomic mass is 16.4. The normalized spacial score (nSPS) is 14.3. The highest BCUT2D eigenvalue weighted by Gasteiger charge is 2.11. The second kappa shape index (κ2) is 7.23. The fraction of sp³-hybridized carbons (Fsp3) is 0.800. The van der Waals surface area contributed by atoms with Crippen molar-refractivity contribution in [1.82, 2.24) is 5.32 Å². The molecule has 0 saturated heterocycles. The van der Waals surface area contributed by atoms with E-state index >= 15 is 0 Å². The Morgan fingerprint density at radius 3 is 2.47 bits per heavy atom. The van der Waals surface area contributed by atoms with Gasteiger partial charge in [-0.2, -0.15) is 0 Å². The van der Waals surface area contributed by atoms with Gasteiger partial charge in [0.25, 0.3) is 0 Å². The van der Waals surface area contributed by atoms with Crippen LogP contribution in [-0.2, 0) is 9.59 Å². The van der Waals surface area contributed by atoms with E-state index in [1.165, 1.54) is 0 Å². The lowest BCUT2D eigenvalue weighted by atomic mass is 10.1. The Kier molecular flexibility index (Phi) is 6.70. The number of rotatable bonds is 7. The maximum Gasteiger partial charge on any atom is 0.308 e. The summed E-state index contributed by atoms with van der Waals surface area (Å²) in [5.74, 6) is -1.54. The third-order valence-electron chi connectivity index (χ3n) is 2.09. The molecule has 15 heavy (non-hydrogen) atoms. The van der Waals surface area contributed by atoms with Crippen LogP contribution in [0.3, 0.4) is 0 Å². The van der Waals surface area contributed by atoms with Gasteiger partial charge in [-0.05, 0) is 19.8 Å². The van der Waals surface area contributed by atoms with E-state index in [-0.39, 0.29) is 18.5 Å². The summed E-state index contributed by atoms with van der Waals surface area (Å²) >= 11 is 0. The van der Waals surface area contributed by atoms with Gasteiger partial charge in [0.2, 0.25) is 5.91 Å². The van der Waals surface area contributed by atoms with Crippen LogP contribution in [0.15, 0.2) is 0 Å².